The second-order valence-corrected chi connectivity index (χ2v) is 6.81. The molecule has 0 saturated heterocycles. The van der Waals surface area contributed by atoms with E-state index in [-0.39, 0.29) is 12.5 Å². The minimum Gasteiger partial charge on any atom is -0.481 e. The Morgan fingerprint density at radius 1 is 1.09 bits per heavy atom. The zero-order valence-electron chi connectivity index (χ0n) is 12.0. The molecule has 0 fully saturated rings. The van der Waals surface area contributed by atoms with Gasteiger partial charge in [-0.3, -0.25) is 4.79 Å². The first-order valence-electron chi connectivity index (χ1n) is 6.94. The number of hydrogen-bond acceptors (Lipinski definition) is 4. The molecule has 2 amide bonds. The van der Waals surface area contributed by atoms with Gasteiger partial charge in [-0.25, -0.2) is 4.79 Å². The fourth-order valence-electron chi connectivity index (χ4n) is 1.93. The van der Waals surface area contributed by atoms with Crippen molar-refractivity contribution in [2.45, 2.75) is 25.9 Å². The fourth-order valence-corrected chi connectivity index (χ4v) is 3.37. The second-order valence-electron chi connectivity index (χ2n) is 4.74. The molecule has 118 valence electrons. The third-order valence-electron chi connectivity index (χ3n) is 2.98. The van der Waals surface area contributed by atoms with Crippen LogP contribution in [-0.4, -0.2) is 28.6 Å². The average Bonchev–Trinajstić information content (AvgIpc) is 3.16. The molecule has 2 aromatic rings. The molecule has 2 heterocycles. The van der Waals surface area contributed by atoms with Gasteiger partial charge >= 0.3 is 12.0 Å². The van der Waals surface area contributed by atoms with Crippen molar-refractivity contribution >= 4 is 34.7 Å². The van der Waals surface area contributed by atoms with E-state index in [1.54, 1.807) is 27.6 Å². The van der Waals surface area contributed by atoms with E-state index >= 15 is 0 Å². The van der Waals surface area contributed by atoms with Gasteiger partial charge in [0.15, 0.2) is 0 Å². The molecule has 0 bridgehead atoms. The Morgan fingerprint density at radius 2 is 1.68 bits per heavy atom. The van der Waals surface area contributed by atoms with Gasteiger partial charge < -0.3 is 15.3 Å². The van der Waals surface area contributed by atoms with E-state index in [1.807, 2.05) is 35.0 Å². The number of nitrogens with zero attached hydrogens (tertiary/aromatic N) is 1. The van der Waals surface area contributed by atoms with Crippen LogP contribution in [-0.2, 0) is 17.9 Å². The van der Waals surface area contributed by atoms with Gasteiger partial charge in [-0.2, -0.15) is 0 Å². The molecule has 0 aliphatic heterocycles. The summed E-state index contributed by atoms with van der Waals surface area (Å²) in [5.41, 5.74) is 0. The Balaban J connectivity index is 1.90. The van der Waals surface area contributed by atoms with Crippen LogP contribution < -0.4 is 5.32 Å². The molecule has 2 N–H and O–H groups in total. The van der Waals surface area contributed by atoms with Gasteiger partial charge in [0, 0.05) is 22.7 Å². The van der Waals surface area contributed by atoms with Crippen molar-refractivity contribution in [1.82, 2.24) is 10.2 Å². The van der Waals surface area contributed by atoms with Crippen LogP contribution in [0.2, 0.25) is 0 Å². The molecule has 0 atom stereocenters. The Bertz CT molecular complexity index is 546. The third kappa shape index (κ3) is 5.50. The van der Waals surface area contributed by atoms with E-state index in [0.29, 0.717) is 26.1 Å². The second kappa shape index (κ2) is 8.55. The molecule has 0 aliphatic carbocycles. The van der Waals surface area contributed by atoms with Crippen molar-refractivity contribution in [3.05, 3.63) is 44.8 Å². The number of hydrogen-bond donors (Lipinski definition) is 2. The number of amides is 2. The van der Waals surface area contributed by atoms with E-state index in [0.717, 1.165) is 9.75 Å². The summed E-state index contributed by atoms with van der Waals surface area (Å²) in [5, 5.41) is 15.4. The number of carboxylic acids is 1. The van der Waals surface area contributed by atoms with Gasteiger partial charge in [-0.15, -0.1) is 22.7 Å². The molecular weight excluding hydrogens is 320 g/mol. The molecule has 0 aromatic carbocycles. The lowest BCUT2D eigenvalue weighted by Gasteiger charge is -2.22. The molecule has 2 aromatic heterocycles. The van der Waals surface area contributed by atoms with Crippen molar-refractivity contribution in [2.24, 2.45) is 0 Å². The topological polar surface area (TPSA) is 69.6 Å². The van der Waals surface area contributed by atoms with Gasteiger partial charge in [0.25, 0.3) is 0 Å². The molecule has 22 heavy (non-hydrogen) atoms. The Morgan fingerprint density at radius 3 is 2.14 bits per heavy atom. The van der Waals surface area contributed by atoms with E-state index in [9.17, 15) is 9.59 Å². The summed E-state index contributed by atoms with van der Waals surface area (Å²) in [5.74, 6) is -0.844. The summed E-state index contributed by atoms with van der Waals surface area (Å²) in [6.07, 6.45) is 0.503. The van der Waals surface area contributed by atoms with Gasteiger partial charge in [0.2, 0.25) is 0 Å². The van der Waals surface area contributed by atoms with Crippen LogP contribution in [0.3, 0.4) is 0 Å². The lowest BCUT2D eigenvalue weighted by Crippen LogP contribution is -2.39. The van der Waals surface area contributed by atoms with Crippen LogP contribution in [0.15, 0.2) is 35.0 Å². The van der Waals surface area contributed by atoms with Crippen LogP contribution in [0.4, 0.5) is 4.79 Å². The lowest BCUT2D eigenvalue weighted by atomic mass is 10.3. The fraction of sp³-hybridized carbons (Fsp3) is 0.333. The summed E-state index contributed by atoms with van der Waals surface area (Å²) in [6.45, 7) is 1.48. The molecule has 0 saturated carbocycles. The number of thiophene rings is 2. The Kier molecular flexibility index (Phi) is 6.42. The summed E-state index contributed by atoms with van der Waals surface area (Å²) >= 11 is 3.24. The number of carbonyl (C=O) groups is 2. The van der Waals surface area contributed by atoms with E-state index in [4.69, 9.17) is 5.11 Å². The molecule has 7 heteroatoms. The maximum Gasteiger partial charge on any atom is 0.318 e. The van der Waals surface area contributed by atoms with Crippen molar-refractivity contribution in [2.75, 3.05) is 6.54 Å². The van der Waals surface area contributed by atoms with Gasteiger partial charge in [-0.1, -0.05) is 12.1 Å². The first-order chi connectivity index (χ1) is 10.6. The van der Waals surface area contributed by atoms with Crippen molar-refractivity contribution < 1.29 is 14.7 Å². The zero-order chi connectivity index (χ0) is 15.8. The Hall–Kier alpha value is -1.86. The summed E-state index contributed by atoms with van der Waals surface area (Å²) in [6, 6.07) is 7.78. The van der Waals surface area contributed by atoms with Gasteiger partial charge in [0.1, 0.15) is 0 Å². The standard InChI is InChI=1S/C15H18N2O3S2/c18-14(19)6-1-7-16-15(20)17(10-12-4-2-8-21-12)11-13-5-3-9-22-13/h2-5,8-9H,1,6-7,10-11H2,(H,16,20)(H,18,19). The quantitative estimate of drug-likeness (QED) is 0.725. The van der Waals surface area contributed by atoms with Crippen molar-refractivity contribution in [3.63, 3.8) is 0 Å². The predicted octanol–water partition coefficient (Wildman–Crippen LogP) is 3.39. The number of aliphatic carboxylic acids is 1. The SMILES string of the molecule is O=C(O)CCCNC(=O)N(Cc1cccs1)Cc1cccs1. The summed E-state index contributed by atoms with van der Waals surface area (Å²) in [7, 11) is 0. The average molecular weight is 338 g/mol. The smallest absolute Gasteiger partial charge is 0.318 e. The highest BCUT2D eigenvalue weighted by Crippen LogP contribution is 2.17. The normalized spacial score (nSPS) is 10.4. The molecular formula is C15H18N2O3S2. The van der Waals surface area contributed by atoms with E-state index in [2.05, 4.69) is 5.32 Å². The number of rotatable bonds is 8. The molecule has 5 nitrogen and oxygen atoms in total. The minimum atomic E-state index is -0.844. The Labute approximate surface area is 137 Å². The van der Waals surface area contributed by atoms with Crippen LogP contribution >= 0.6 is 22.7 Å². The maximum atomic E-state index is 12.3. The summed E-state index contributed by atoms with van der Waals surface area (Å²) < 4.78 is 0. The maximum absolute atomic E-state index is 12.3. The zero-order valence-corrected chi connectivity index (χ0v) is 13.7. The number of carboxylic acid groups (broad SMARTS) is 1. The van der Waals surface area contributed by atoms with Gasteiger partial charge in [0.05, 0.1) is 13.1 Å². The van der Waals surface area contributed by atoms with Crippen LogP contribution in [0.25, 0.3) is 0 Å². The number of carbonyl (C=O) groups excluding carboxylic acids is 1. The number of urea groups is 1. The van der Waals surface area contributed by atoms with E-state index < -0.39 is 5.97 Å². The van der Waals surface area contributed by atoms with Gasteiger partial charge in [-0.05, 0) is 29.3 Å². The van der Waals surface area contributed by atoms with Crippen LogP contribution in [0, 0.1) is 0 Å². The van der Waals surface area contributed by atoms with Crippen LogP contribution in [0.1, 0.15) is 22.6 Å². The highest BCUT2D eigenvalue weighted by molar-refractivity contribution is 7.10. The lowest BCUT2D eigenvalue weighted by molar-refractivity contribution is -0.137. The molecule has 0 unspecified atom stereocenters. The third-order valence-corrected chi connectivity index (χ3v) is 4.71. The molecule has 0 radical (unpaired) electrons. The highest BCUT2D eigenvalue weighted by atomic mass is 32.1. The minimum absolute atomic E-state index is 0.0656. The summed E-state index contributed by atoms with van der Waals surface area (Å²) in [4.78, 5) is 26.8. The highest BCUT2D eigenvalue weighted by Gasteiger charge is 2.15. The van der Waals surface area contributed by atoms with E-state index in [1.165, 1.54) is 0 Å². The number of nitrogens with one attached hydrogen (secondary N) is 1. The molecule has 0 aliphatic rings. The monoisotopic (exact) mass is 338 g/mol. The molecule has 0 spiro atoms. The van der Waals surface area contributed by atoms with Crippen LogP contribution in [0.5, 0.6) is 0 Å². The first-order valence-corrected chi connectivity index (χ1v) is 8.70. The van der Waals surface area contributed by atoms with Crippen molar-refractivity contribution in [3.8, 4) is 0 Å². The van der Waals surface area contributed by atoms with Crippen molar-refractivity contribution in [1.29, 1.82) is 0 Å². The molecule has 2 rings (SSSR count). The first kappa shape index (κ1) is 16.5. The predicted molar refractivity (Wildman–Crippen MR) is 88.2 cm³/mol. The largest absolute Gasteiger partial charge is 0.481 e.